The maximum absolute atomic E-state index is 14.2. The summed E-state index contributed by atoms with van der Waals surface area (Å²) in [7, 11) is 0. The number of pyridine rings is 1. The molecule has 0 saturated heterocycles. The average molecular weight is 360 g/mol. The predicted molar refractivity (Wildman–Crippen MR) is 93.4 cm³/mol. The lowest BCUT2D eigenvalue weighted by Crippen LogP contribution is -2.37. The van der Waals surface area contributed by atoms with Gasteiger partial charge in [0.25, 0.3) is 0 Å². The molecule has 5 heterocycles. The van der Waals surface area contributed by atoms with Crippen LogP contribution in [0.5, 0.6) is 0 Å². The maximum atomic E-state index is 14.2. The SMILES string of the molecule is N#Cc1ccnc(N2CCc3[nH]cnc3[C@H]2c2cc3c(F)cccn3n2)n1. The van der Waals surface area contributed by atoms with Crippen LogP contribution in [0, 0.1) is 17.1 Å². The summed E-state index contributed by atoms with van der Waals surface area (Å²) < 4.78 is 15.7. The van der Waals surface area contributed by atoms with E-state index in [2.05, 4.69) is 25.0 Å². The van der Waals surface area contributed by atoms with E-state index in [4.69, 9.17) is 5.26 Å². The Morgan fingerprint density at radius 1 is 1.30 bits per heavy atom. The van der Waals surface area contributed by atoms with Crippen LogP contribution in [0.3, 0.4) is 0 Å². The summed E-state index contributed by atoms with van der Waals surface area (Å²) in [6, 6.07) is 7.94. The number of rotatable bonds is 2. The normalized spacial score (nSPS) is 16.3. The molecule has 5 rings (SSSR count). The van der Waals surface area contributed by atoms with Gasteiger partial charge in [-0.25, -0.2) is 23.9 Å². The maximum Gasteiger partial charge on any atom is 0.227 e. The molecule has 8 nitrogen and oxygen atoms in total. The van der Waals surface area contributed by atoms with Crippen LogP contribution in [0.1, 0.15) is 28.8 Å². The molecule has 0 spiro atoms. The van der Waals surface area contributed by atoms with E-state index in [0.717, 1.165) is 17.8 Å². The highest BCUT2D eigenvalue weighted by molar-refractivity contribution is 5.53. The highest BCUT2D eigenvalue weighted by Gasteiger charge is 2.34. The first-order valence-corrected chi connectivity index (χ1v) is 8.40. The number of fused-ring (bicyclic) bond motifs is 2. The highest BCUT2D eigenvalue weighted by Crippen LogP contribution is 2.35. The fourth-order valence-corrected chi connectivity index (χ4v) is 3.47. The molecule has 0 fully saturated rings. The molecular weight excluding hydrogens is 347 g/mol. The Bertz CT molecular complexity index is 1190. The molecule has 0 bridgehead atoms. The van der Waals surface area contributed by atoms with Gasteiger partial charge >= 0.3 is 0 Å². The lowest BCUT2D eigenvalue weighted by atomic mass is 10.00. The van der Waals surface area contributed by atoms with Crippen molar-refractivity contribution in [3.8, 4) is 6.07 Å². The lowest BCUT2D eigenvalue weighted by molar-refractivity contribution is 0.601. The predicted octanol–water partition coefficient (Wildman–Crippen LogP) is 2.01. The standard InChI is InChI=1S/C18H13FN8/c19-12-2-1-6-27-15(12)8-14(25-27)17-16-13(22-10-23-16)4-7-26(17)18-21-5-3-11(9-20)24-18/h1-3,5-6,8,10,17H,4,7H2,(H,22,23)/t17-/m1/s1. The summed E-state index contributed by atoms with van der Waals surface area (Å²) in [6.45, 7) is 0.616. The van der Waals surface area contributed by atoms with E-state index in [9.17, 15) is 4.39 Å². The fourth-order valence-electron chi connectivity index (χ4n) is 3.47. The number of anilines is 1. The third kappa shape index (κ3) is 2.42. The second kappa shape index (κ2) is 5.88. The molecule has 1 atom stereocenters. The van der Waals surface area contributed by atoms with Gasteiger partial charge < -0.3 is 9.88 Å². The molecule has 0 amide bonds. The lowest BCUT2D eigenvalue weighted by Gasteiger charge is -2.33. The summed E-state index contributed by atoms with van der Waals surface area (Å²) >= 11 is 0. The van der Waals surface area contributed by atoms with Crippen LogP contribution in [-0.2, 0) is 6.42 Å². The van der Waals surface area contributed by atoms with Crippen molar-refractivity contribution >= 4 is 11.5 Å². The molecule has 0 unspecified atom stereocenters. The van der Waals surface area contributed by atoms with Gasteiger partial charge in [0.2, 0.25) is 5.95 Å². The number of hydrogen-bond donors (Lipinski definition) is 1. The molecule has 4 aromatic rings. The zero-order valence-corrected chi connectivity index (χ0v) is 14.0. The molecule has 0 aromatic carbocycles. The van der Waals surface area contributed by atoms with E-state index >= 15 is 0 Å². The van der Waals surface area contributed by atoms with Crippen molar-refractivity contribution < 1.29 is 4.39 Å². The van der Waals surface area contributed by atoms with Gasteiger partial charge in [0, 0.05) is 31.1 Å². The van der Waals surface area contributed by atoms with Gasteiger partial charge in [-0.05, 0) is 24.3 Å². The van der Waals surface area contributed by atoms with Crippen LogP contribution >= 0.6 is 0 Å². The number of halogens is 1. The highest BCUT2D eigenvalue weighted by atomic mass is 19.1. The molecular formula is C18H13FN8. The molecule has 1 aliphatic rings. The first kappa shape index (κ1) is 15.5. The van der Waals surface area contributed by atoms with Gasteiger partial charge in [-0.3, -0.25) is 0 Å². The number of nitrogens with one attached hydrogen (secondary N) is 1. The molecule has 132 valence electrons. The third-order valence-electron chi connectivity index (χ3n) is 4.69. The molecule has 4 aromatic heterocycles. The Kier molecular flexibility index (Phi) is 3.36. The molecule has 9 heteroatoms. The number of aromatic amines is 1. The molecule has 0 radical (unpaired) electrons. The largest absolute Gasteiger partial charge is 0.348 e. The van der Waals surface area contributed by atoms with E-state index in [1.165, 1.54) is 10.6 Å². The van der Waals surface area contributed by atoms with Crippen LogP contribution in [0.2, 0.25) is 0 Å². The second-order valence-electron chi connectivity index (χ2n) is 6.22. The summed E-state index contributed by atoms with van der Waals surface area (Å²) in [5.41, 5.74) is 3.12. The van der Waals surface area contributed by atoms with E-state index in [1.54, 1.807) is 36.9 Å². The Balaban J connectivity index is 1.69. The molecule has 0 aliphatic carbocycles. The quantitative estimate of drug-likeness (QED) is 0.587. The minimum absolute atomic E-state index is 0.285. The van der Waals surface area contributed by atoms with E-state index < -0.39 is 0 Å². The third-order valence-corrected chi connectivity index (χ3v) is 4.69. The van der Waals surface area contributed by atoms with Gasteiger partial charge in [-0.15, -0.1) is 0 Å². The van der Waals surface area contributed by atoms with Gasteiger partial charge in [-0.2, -0.15) is 10.4 Å². The van der Waals surface area contributed by atoms with E-state index in [-0.39, 0.29) is 17.6 Å². The Hall–Kier alpha value is -3.80. The number of nitriles is 1. The van der Waals surface area contributed by atoms with Crippen LogP contribution in [-0.4, -0.2) is 36.1 Å². The van der Waals surface area contributed by atoms with Crippen molar-refractivity contribution in [1.29, 1.82) is 5.26 Å². The van der Waals surface area contributed by atoms with Gasteiger partial charge in [0.05, 0.1) is 17.7 Å². The average Bonchev–Trinajstić information content (AvgIpc) is 3.34. The molecule has 0 saturated carbocycles. The number of hydrogen-bond acceptors (Lipinski definition) is 6. The molecule has 1 aliphatic heterocycles. The van der Waals surface area contributed by atoms with Crippen LogP contribution in [0.4, 0.5) is 10.3 Å². The molecule has 27 heavy (non-hydrogen) atoms. The monoisotopic (exact) mass is 360 g/mol. The topological polar surface area (TPSA) is 98.8 Å². The first-order chi connectivity index (χ1) is 13.2. The van der Waals surface area contributed by atoms with Crippen LogP contribution in [0.25, 0.3) is 5.52 Å². The smallest absolute Gasteiger partial charge is 0.227 e. The second-order valence-corrected chi connectivity index (χ2v) is 6.22. The summed E-state index contributed by atoms with van der Waals surface area (Å²) in [5.74, 6) is 0.0776. The number of nitrogens with zero attached hydrogens (tertiary/aromatic N) is 7. The van der Waals surface area contributed by atoms with E-state index in [0.29, 0.717) is 23.7 Å². The van der Waals surface area contributed by atoms with Crippen molar-refractivity contribution in [2.24, 2.45) is 0 Å². The Morgan fingerprint density at radius 3 is 3.07 bits per heavy atom. The minimum atomic E-state index is -0.381. The van der Waals surface area contributed by atoms with Crippen molar-refractivity contribution in [3.63, 3.8) is 0 Å². The van der Waals surface area contributed by atoms with Crippen molar-refractivity contribution in [2.75, 3.05) is 11.4 Å². The van der Waals surface area contributed by atoms with Crippen molar-refractivity contribution in [3.05, 3.63) is 71.6 Å². The summed E-state index contributed by atoms with van der Waals surface area (Å²) in [6.07, 6.45) is 5.63. The zero-order valence-electron chi connectivity index (χ0n) is 14.0. The van der Waals surface area contributed by atoms with Gasteiger partial charge in [0.15, 0.2) is 0 Å². The van der Waals surface area contributed by atoms with Gasteiger partial charge in [-0.1, -0.05) is 0 Å². The number of imidazole rings is 1. The fraction of sp³-hybridized carbons (Fsp3) is 0.167. The summed E-state index contributed by atoms with van der Waals surface area (Å²) in [5, 5.41) is 13.7. The number of aromatic nitrogens is 6. The molecule has 1 N–H and O–H groups in total. The summed E-state index contributed by atoms with van der Waals surface area (Å²) in [4.78, 5) is 18.2. The van der Waals surface area contributed by atoms with Crippen molar-refractivity contribution in [2.45, 2.75) is 12.5 Å². The van der Waals surface area contributed by atoms with Crippen molar-refractivity contribution in [1.82, 2.24) is 29.5 Å². The van der Waals surface area contributed by atoms with Gasteiger partial charge in [0.1, 0.15) is 29.1 Å². The first-order valence-electron chi connectivity index (χ1n) is 8.40. The van der Waals surface area contributed by atoms with Crippen LogP contribution < -0.4 is 4.90 Å². The minimum Gasteiger partial charge on any atom is -0.348 e. The van der Waals surface area contributed by atoms with E-state index in [1.807, 2.05) is 11.0 Å². The van der Waals surface area contributed by atoms with Crippen LogP contribution in [0.15, 0.2) is 43.0 Å². The Labute approximate surface area is 152 Å². The Morgan fingerprint density at radius 2 is 2.22 bits per heavy atom. The zero-order chi connectivity index (χ0) is 18.4. The number of H-pyrrole nitrogens is 1.